The molecule has 0 saturated carbocycles. The molecule has 1 aromatic carbocycles. The second kappa shape index (κ2) is 6.99. The Kier molecular flexibility index (Phi) is 5.05. The van der Waals surface area contributed by atoms with Crippen LogP contribution in [-0.4, -0.2) is 18.4 Å². The molecular formula is C15H13F3N2O3. The average molecular weight is 326 g/mol. The summed E-state index contributed by atoms with van der Waals surface area (Å²) in [5.74, 6) is -2.17. The number of hydrogen-bond acceptors (Lipinski definition) is 3. The first-order chi connectivity index (χ1) is 10.9. The first kappa shape index (κ1) is 16.6. The predicted molar refractivity (Wildman–Crippen MR) is 75.5 cm³/mol. The summed E-state index contributed by atoms with van der Waals surface area (Å²) in [6, 6.07) is 6.14. The molecule has 122 valence electrons. The number of amides is 2. The minimum absolute atomic E-state index is 0.159. The Labute approximate surface area is 129 Å². The first-order valence-electron chi connectivity index (χ1n) is 6.64. The Morgan fingerprint density at radius 2 is 1.83 bits per heavy atom. The third-order valence-electron chi connectivity index (χ3n) is 2.97. The number of alkyl halides is 3. The highest BCUT2D eigenvalue weighted by molar-refractivity contribution is 6.39. The van der Waals surface area contributed by atoms with Crippen molar-refractivity contribution in [3.8, 4) is 0 Å². The van der Waals surface area contributed by atoms with E-state index in [1.54, 1.807) is 6.07 Å². The Balaban J connectivity index is 1.92. The maximum Gasteiger partial charge on any atom is 0.418 e. The van der Waals surface area contributed by atoms with E-state index in [1.165, 1.54) is 24.7 Å². The van der Waals surface area contributed by atoms with Gasteiger partial charge in [-0.2, -0.15) is 13.2 Å². The molecule has 0 fully saturated rings. The van der Waals surface area contributed by atoms with Gasteiger partial charge in [0.25, 0.3) is 0 Å². The Hall–Kier alpha value is -2.77. The molecule has 0 aliphatic heterocycles. The molecule has 0 spiro atoms. The van der Waals surface area contributed by atoms with Crippen LogP contribution < -0.4 is 10.6 Å². The molecule has 5 nitrogen and oxygen atoms in total. The minimum Gasteiger partial charge on any atom is -0.472 e. The van der Waals surface area contributed by atoms with Crippen molar-refractivity contribution in [2.45, 2.75) is 12.6 Å². The lowest BCUT2D eigenvalue weighted by Gasteiger charge is -2.13. The number of furan rings is 1. The van der Waals surface area contributed by atoms with Gasteiger partial charge >= 0.3 is 18.0 Å². The van der Waals surface area contributed by atoms with Crippen LogP contribution in [-0.2, 0) is 22.2 Å². The summed E-state index contributed by atoms with van der Waals surface area (Å²) >= 11 is 0. The summed E-state index contributed by atoms with van der Waals surface area (Å²) in [6.07, 6.45) is -1.22. The Morgan fingerprint density at radius 1 is 1.09 bits per heavy atom. The monoisotopic (exact) mass is 326 g/mol. The van der Waals surface area contributed by atoms with Gasteiger partial charge in [0.1, 0.15) is 0 Å². The van der Waals surface area contributed by atoms with Crippen molar-refractivity contribution in [1.29, 1.82) is 0 Å². The topological polar surface area (TPSA) is 71.3 Å². The third kappa shape index (κ3) is 4.60. The number of nitrogens with one attached hydrogen (secondary N) is 2. The quantitative estimate of drug-likeness (QED) is 0.849. The van der Waals surface area contributed by atoms with E-state index in [2.05, 4.69) is 5.32 Å². The van der Waals surface area contributed by atoms with Gasteiger partial charge in [-0.25, -0.2) is 0 Å². The van der Waals surface area contributed by atoms with Crippen LogP contribution in [0.1, 0.15) is 11.1 Å². The molecule has 2 rings (SSSR count). The van der Waals surface area contributed by atoms with E-state index in [4.69, 9.17) is 4.42 Å². The lowest BCUT2D eigenvalue weighted by molar-refractivity contribution is -0.138. The van der Waals surface area contributed by atoms with E-state index < -0.39 is 29.2 Å². The zero-order valence-electron chi connectivity index (χ0n) is 11.8. The lowest BCUT2D eigenvalue weighted by Crippen LogP contribution is -2.36. The van der Waals surface area contributed by atoms with Crippen molar-refractivity contribution in [3.63, 3.8) is 0 Å². The number of para-hydroxylation sites is 1. The smallest absolute Gasteiger partial charge is 0.418 e. The summed E-state index contributed by atoms with van der Waals surface area (Å²) in [6.45, 7) is 0.159. The summed E-state index contributed by atoms with van der Waals surface area (Å²) in [5.41, 5.74) is -0.650. The van der Waals surface area contributed by atoms with Crippen LogP contribution in [0, 0.1) is 0 Å². The van der Waals surface area contributed by atoms with Gasteiger partial charge in [0.2, 0.25) is 0 Å². The van der Waals surface area contributed by atoms with E-state index in [0.717, 1.165) is 17.7 Å². The van der Waals surface area contributed by atoms with Gasteiger partial charge in [-0.15, -0.1) is 0 Å². The first-order valence-corrected chi connectivity index (χ1v) is 6.64. The molecule has 0 aliphatic carbocycles. The summed E-state index contributed by atoms with van der Waals surface area (Å²) in [4.78, 5) is 23.3. The molecule has 1 heterocycles. The number of carbonyl (C=O) groups is 2. The SMILES string of the molecule is O=C(NCCc1ccoc1)C(=O)Nc1ccccc1C(F)(F)F. The van der Waals surface area contributed by atoms with Crippen molar-refractivity contribution < 1.29 is 27.2 Å². The van der Waals surface area contributed by atoms with Gasteiger partial charge in [-0.1, -0.05) is 12.1 Å². The highest BCUT2D eigenvalue weighted by Crippen LogP contribution is 2.34. The van der Waals surface area contributed by atoms with Crippen LogP contribution in [0.25, 0.3) is 0 Å². The van der Waals surface area contributed by atoms with Gasteiger partial charge in [-0.05, 0) is 30.2 Å². The number of carbonyl (C=O) groups excluding carboxylic acids is 2. The molecule has 0 unspecified atom stereocenters. The van der Waals surface area contributed by atoms with Crippen molar-refractivity contribution in [2.75, 3.05) is 11.9 Å². The normalized spacial score (nSPS) is 11.1. The van der Waals surface area contributed by atoms with E-state index >= 15 is 0 Å². The fourth-order valence-corrected chi connectivity index (χ4v) is 1.85. The van der Waals surface area contributed by atoms with Crippen LogP contribution in [0.4, 0.5) is 18.9 Å². The molecule has 0 aliphatic rings. The molecule has 0 bridgehead atoms. The van der Waals surface area contributed by atoms with Crippen LogP contribution in [0.5, 0.6) is 0 Å². The van der Waals surface area contributed by atoms with Crippen molar-refractivity contribution in [3.05, 3.63) is 54.0 Å². The number of anilines is 1. The zero-order chi connectivity index (χ0) is 16.9. The largest absolute Gasteiger partial charge is 0.472 e. The number of hydrogen-bond donors (Lipinski definition) is 2. The molecule has 2 N–H and O–H groups in total. The molecule has 2 amide bonds. The van der Waals surface area contributed by atoms with Gasteiger partial charge in [0.15, 0.2) is 0 Å². The molecule has 1 aromatic heterocycles. The van der Waals surface area contributed by atoms with Gasteiger partial charge in [-0.3, -0.25) is 9.59 Å². The lowest BCUT2D eigenvalue weighted by atomic mass is 10.1. The summed E-state index contributed by atoms with van der Waals surface area (Å²) in [5, 5.41) is 4.30. The van der Waals surface area contributed by atoms with Gasteiger partial charge in [0.05, 0.1) is 23.8 Å². The summed E-state index contributed by atoms with van der Waals surface area (Å²) in [7, 11) is 0. The fraction of sp³-hybridized carbons (Fsp3) is 0.200. The number of rotatable bonds is 4. The van der Waals surface area contributed by atoms with E-state index in [0.29, 0.717) is 6.42 Å². The van der Waals surface area contributed by atoms with E-state index in [9.17, 15) is 22.8 Å². The predicted octanol–water partition coefficient (Wildman–Crippen LogP) is 2.60. The second-order valence-corrected chi connectivity index (χ2v) is 4.63. The minimum atomic E-state index is -4.62. The number of halogens is 3. The Morgan fingerprint density at radius 3 is 2.48 bits per heavy atom. The van der Waals surface area contributed by atoms with Crippen LogP contribution in [0.2, 0.25) is 0 Å². The van der Waals surface area contributed by atoms with Crippen LogP contribution in [0.3, 0.4) is 0 Å². The maximum atomic E-state index is 12.8. The average Bonchev–Trinajstić information content (AvgIpc) is 3.00. The van der Waals surface area contributed by atoms with E-state index in [1.807, 2.05) is 5.32 Å². The fourth-order valence-electron chi connectivity index (χ4n) is 1.85. The second-order valence-electron chi connectivity index (χ2n) is 4.63. The molecule has 0 radical (unpaired) electrons. The molecule has 2 aromatic rings. The summed E-state index contributed by atoms with van der Waals surface area (Å²) < 4.78 is 43.2. The molecule has 0 saturated heterocycles. The van der Waals surface area contributed by atoms with Crippen molar-refractivity contribution in [2.24, 2.45) is 0 Å². The van der Waals surface area contributed by atoms with Crippen LogP contribution >= 0.6 is 0 Å². The van der Waals surface area contributed by atoms with Crippen LogP contribution in [0.15, 0.2) is 47.3 Å². The molecule has 8 heteroatoms. The molecular weight excluding hydrogens is 313 g/mol. The van der Waals surface area contributed by atoms with E-state index in [-0.39, 0.29) is 6.54 Å². The third-order valence-corrected chi connectivity index (χ3v) is 2.97. The Bertz CT molecular complexity index is 682. The zero-order valence-corrected chi connectivity index (χ0v) is 11.8. The van der Waals surface area contributed by atoms with Crippen molar-refractivity contribution >= 4 is 17.5 Å². The van der Waals surface area contributed by atoms with Gasteiger partial charge in [0, 0.05) is 6.54 Å². The van der Waals surface area contributed by atoms with Gasteiger partial charge < -0.3 is 15.1 Å². The van der Waals surface area contributed by atoms with Crippen molar-refractivity contribution in [1.82, 2.24) is 5.32 Å². The number of benzene rings is 1. The maximum absolute atomic E-state index is 12.8. The molecule has 0 atom stereocenters. The highest BCUT2D eigenvalue weighted by atomic mass is 19.4. The molecule has 23 heavy (non-hydrogen) atoms. The highest BCUT2D eigenvalue weighted by Gasteiger charge is 2.33. The standard InChI is InChI=1S/C15H13F3N2O3/c16-15(17,18)11-3-1-2-4-12(11)20-14(22)13(21)19-7-5-10-6-8-23-9-10/h1-4,6,8-9H,5,7H2,(H,19,21)(H,20,22).